The molecule has 2 amide bonds. The molecule has 1 atom stereocenters. The van der Waals surface area contributed by atoms with Crippen molar-refractivity contribution < 1.29 is 23.1 Å². The van der Waals surface area contributed by atoms with Crippen LogP contribution in [0, 0.1) is 13.8 Å². The number of imide groups is 1. The first kappa shape index (κ1) is 22.9. The maximum atomic E-state index is 13.2. The molecule has 2 heterocycles. The quantitative estimate of drug-likeness (QED) is 0.675. The van der Waals surface area contributed by atoms with Crippen LogP contribution >= 0.6 is 0 Å². The van der Waals surface area contributed by atoms with Gasteiger partial charge in [0.25, 0.3) is 5.91 Å². The van der Waals surface area contributed by atoms with Crippen molar-refractivity contribution in [1.29, 1.82) is 0 Å². The number of rotatable bonds is 2. The summed E-state index contributed by atoms with van der Waals surface area (Å²) in [6.45, 7) is 14.1. The van der Waals surface area contributed by atoms with Crippen LogP contribution in [0.3, 0.4) is 0 Å². The third kappa shape index (κ3) is 4.46. The van der Waals surface area contributed by atoms with Gasteiger partial charge in [0, 0.05) is 11.1 Å². The average Bonchev–Trinajstić information content (AvgIpc) is 3.09. The summed E-state index contributed by atoms with van der Waals surface area (Å²) >= 11 is 0. The largest absolute Gasteiger partial charge is 0.443 e. The Morgan fingerprint density at radius 2 is 1.81 bits per heavy atom. The van der Waals surface area contributed by atoms with E-state index < -0.39 is 33.3 Å². The highest BCUT2D eigenvalue weighted by atomic mass is 32.2. The normalized spacial score (nSPS) is 16.6. The number of amides is 2. The Kier molecular flexibility index (Phi) is 5.69. The van der Waals surface area contributed by atoms with Gasteiger partial charge in [-0.25, -0.2) is 13.9 Å². The zero-order chi connectivity index (χ0) is 23.3. The molecule has 1 aromatic carbocycles. The van der Waals surface area contributed by atoms with Crippen molar-refractivity contribution in [3.8, 4) is 11.1 Å². The first-order valence-corrected chi connectivity index (χ1v) is 11.0. The minimum Gasteiger partial charge on any atom is -0.443 e. The van der Waals surface area contributed by atoms with E-state index in [9.17, 15) is 13.8 Å². The van der Waals surface area contributed by atoms with E-state index in [1.54, 1.807) is 66.7 Å². The number of hydrogen-bond acceptors (Lipinski definition) is 6. The van der Waals surface area contributed by atoms with E-state index in [2.05, 4.69) is 9.55 Å². The van der Waals surface area contributed by atoms with Crippen LogP contribution in [0.2, 0.25) is 0 Å². The summed E-state index contributed by atoms with van der Waals surface area (Å²) in [5, 5.41) is 3.98. The van der Waals surface area contributed by atoms with Crippen LogP contribution in [0.1, 0.15) is 58.6 Å². The molecule has 31 heavy (non-hydrogen) atoms. The first-order valence-electron chi connectivity index (χ1n) is 9.86. The second-order valence-corrected chi connectivity index (χ2v) is 11.3. The Bertz CT molecular complexity index is 1100. The Labute approximate surface area is 184 Å². The maximum absolute atomic E-state index is 13.2. The molecule has 0 unspecified atom stereocenters. The van der Waals surface area contributed by atoms with E-state index in [-0.39, 0.29) is 5.71 Å². The minimum absolute atomic E-state index is 0.0391. The molecule has 166 valence electrons. The molecule has 1 aliphatic rings. The summed E-state index contributed by atoms with van der Waals surface area (Å²) in [6, 6.07) is 5.17. The lowest BCUT2D eigenvalue weighted by Gasteiger charge is -2.23. The van der Waals surface area contributed by atoms with Gasteiger partial charge >= 0.3 is 6.09 Å². The van der Waals surface area contributed by atoms with E-state index in [4.69, 9.17) is 9.26 Å². The van der Waals surface area contributed by atoms with Crippen molar-refractivity contribution in [3.63, 3.8) is 0 Å². The van der Waals surface area contributed by atoms with Crippen molar-refractivity contribution >= 4 is 34.4 Å². The number of nitrogens with zero attached hydrogens (tertiary/aromatic N) is 3. The Morgan fingerprint density at radius 3 is 2.32 bits per heavy atom. The molecule has 9 heteroatoms. The van der Waals surface area contributed by atoms with Crippen molar-refractivity contribution in [2.75, 3.05) is 4.90 Å². The number of hydrogen-bond donors (Lipinski definition) is 0. The molecular weight excluding hydrogens is 418 g/mol. The predicted molar refractivity (Wildman–Crippen MR) is 120 cm³/mol. The summed E-state index contributed by atoms with van der Waals surface area (Å²) in [7, 11) is -1.70. The SMILES string of the molecule is Cc1noc(C)c1-c1ccc2c(c1)/C(=N/[S@@](=O)C(C)(C)C)C(=O)N2C(=O)OC(C)(C)C. The number of aryl methyl sites for hydroxylation is 2. The smallest absolute Gasteiger partial charge is 0.422 e. The van der Waals surface area contributed by atoms with Gasteiger partial charge in [-0.1, -0.05) is 11.2 Å². The van der Waals surface area contributed by atoms with Crippen LogP contribution < -0.4 is 4.90 Å². The molecule has 0 fully saturated rings. The molecule has 1 aliphatic heterocycles. The molecule has 0 N–H and O–H groups in total. The number of anilines is 1. The van der Waals surface area contributed by atoms with Crippen molar-refractivity contribution in [1.82, 2.24) is 5.16 Å². The van der Waals surface area contributed by atoms with Crippen molar-refractivity contribution in [3.05, 3.63) is 35.2 Å². The molecule has 0 saturated carbocycles. The highest BCUT2D eigenvalue weighted by Gasteiger charge is 2.41. The summed E-state index contributed by atoms with van der Waals surface area (Å²) in [5.74, 6) is -0.0414. The zero-order valence-corrected chi connectivity index (χ0v) is 19.8. The molecule has 0 bridgehead atoms. The fraction of sp³-hybridized carbons (Fsp3) is 0.455. The van der Waals surface area contributed by atoms with Crippen molar-refractivity contribution in [2.45, 2.75) is 65.7 Å². The van der Waals surface area contributed by atoms with Gasteiger partial charge in [0.05, 0.1) is 16.1 Å². The van der Waals surface area contributed by atoms with E-state index in [0.29, 0.717) is 22.7 Å². The van der Waals surface area contributed by atoms with Gasteiger partial charge in [0.15, 0.2) is 0 Å². The van der Waals surface area contributed by atoms with E-state index in [0.717, 1.165) is 16.0 Å². The predicted octanol–water partition coefficient (Wildman–Crippen LogP) is 4.49. The molecular formula is C22H27N3O5S. The lowest BCUT2D eigenvalue weighted by atomic mass is 10.00. The Hall–Kier alpha value is -2.81. The fourth-order valence-corrected chi connectivity index (χ4v) is 3.71. The average molecular weight is 446 g/mol. The van der Waals surface area contributed by atoms with Crippen LogP contribution in [-0.4, -0.2) is 37.4 Å². The molecule has 0 saturated heterocycles. The molecule has 0 spiro atoms. The fourth-order valence-electron chi connectivity index (χ4n) is 3.10. The maximum Gasteiger partial charge on any atom is 0.422 e. The summed E-state index contributed by atoms with van der Waals surface area (Å²) in [5.41, 5.74) is 2.16. The second kappa shape index (κ2) is 7.71. The third-order valence-electron chi connectivity index (χ3n) is 4.49. The lowest BCUT2D eigenvalue weighted by Crippen LogP contribution is -2.40. The van der Waals surface area contributed by atoms with Crippen LogP contribution in [0.4, 0.5) is 10.5 Å². The van der Waals surface area contributed by atoms with Gasteiger partial charge < -0.3 is 9.26 Å². The molecule has 0 aliphatic carbocycles. The number of benzene rings is 1. The van der Waals surface area contributed by atoms with E-state index >= 15 is 0 Å². The second-order valence-electron chi connectivity index (χ2n) is 9.35. The molecule has 3 rings (SSSR count). The molecule has 1 aromatic heterocycles. The zero-order valence-electron chi connectivity index (χ0n) is 19.0. The Morgan fingerprint density at radius 1 is 1.16 bits per heavy atom. The van der Waals surface area contributed by atoms with Gasteiger partial charge in [-0.3, -0.25) is 4.79 Å². The van der Waals surface area contributed by atoms with Crippen LogP contribution in [0.15, 0.2) is 27.1 Å². The monoisotopic (exact) mass is 445 g/mol. The minimum atomic E-state index is -1.70. The van der Waals surface area contributed by atoms with E-state index in [1.807, 2.05) is 6.92 Å². The number of fused-ring (bicyclic) bond motifs is 1. The molecule has 8 nitrogen and oxygen atoms in total. The van der Waals surface area contributed by atoms with Gasteiger partial charge in [-0.05, 0) is 73.1 Å². The Balaban J connectivity index is 2.19. The van der Waals surface area contributed by atoms with Gasteiger partial charge in [-0.2, -0.15) is 4.40 Å². The highest BCUT2D eigenvalue weighted by Crippen LogP contribution is 2.36. The first-order chi connectivity index (χ1) is 14.2. The van der Waals surface area contributed by atoms with Crippen LogP contribution in [0.5, 0.6) is 0 Å². The van der Waals surface area contributed by atoms with Crippen LogP contribution in [-0.2, 0) is 20.5 Å². The van der Waals surface area contributed by atoms with Gasteiger partial charge in [0.1, 0.15) is 28.1 Å². The van der Waals surface area contributed by atoms with E-state index in [1.165, 1.54) is 0 Å². The van der Waals surface area contributed by atoms with Crippen LogP contribution in [0.25, 0.3) is 11.1 Å². The summed E-state index contributed by atoms with van der Waals surface area (Å²) in [6.07, 6.45) is -0.810. The lowest BCUT2D eigenvalue weighted by molar-refractivity contribution is -0.112. The number of ether oxygens (including phenoxy) is 1. The summed E-state index contributed by atoms with van der Waals surface area (Å²) in [4.78, 5) is 27.0. The third-order valence-corrected chi connectivity index (χ3v) is 5.89. The standard InChI is InChI=1S/C22H27N3O5S/c1-12-17(13(2)30-23-12)14-9-10-16-15(11-14)18(24-31(28)22(6,7)8)19(26)25(16)20(27)29-21(3,4)5/h9-11H,1-8H3/b24-18-/t31-/m0/s1. The molecule has 0 radical (unpaired) electrons. The number of carbonyl (C=O) groups excluding carboxylic acids is 2. The number of aromatic nitrogens is 1. The van der Waals surface area contributed by atoms with Gasteiger partial charge in [0.2, 0.25) is 0 Å². The molecule has 2 aromatic rings. The highest BCUT2D eigenvalue weighted by molar-refractivity contribution is 7.85. The topological polar surface area (TPSA) is 102 Å². The van der Waals surface area contributed by atoms with Gasteiger partial charge in [-0.15, -0.1) is 0 Å². The van der Waals surface area contributed by atoms with Crippen molar-refractivity contribution in [2.24, 2.45) is 4.40 Å². The summed E-state index contributed by atoms with van der Waals surface area (Å²) < 4.78 is 26.9. The number of carbonyl (C=O) groups is 2.